The van der Waals surface area contributed by atoms with Crippen molar-refractivity contribution in [3.8, 4) is 11.1 Å². The molecule has 2 aromatic rings. The van der Waals surface area contributed by atoms with Crippen molar-refractivity contribution >= 4 is 28.9 Å². The zero-order chi connectivity index (χ0) is 12.4. The number of nitro benzene ring substituents is 1. The summed E-state index contributed by atoms with van der Waals surface area (Å²) < 4.78 is 0. The van der Waals surface area contributed by atoms with E-state index in [1.807, 2.05) is 6.07 Å². The van der Waals surface area contributed by atoms with Gasteiger partial charge in [0, 0.05) is 6.07 Å². The third-order valence-corrected chi connectivity index (χ3v) is 3.14. The van der Waals surface area contributed by atoms with E-state index in [1.54, 1.807) is 24.3 Å². The van der Waals surface area contributed by atoms with Crippen molar-refractivity contribution in [3.05, 3.63) is 62.6 Å². The normalized spacial score (nSPS) is 10.2. The molecule has 0 unspecified atom stereocenters. The van der Waals surface area contributed by atoms with E-state index in [0.717, 1.165) is 0 Å². The van der Waals surface area contributed by atoms with Gasteiger partial charge in [0.25, 0.3) is 5.69 Å². The molecule has 2 aromatic carbocycles. The van der Waals surface area contributed by atoms with Crippen LogP contribution in [-0.2, 0) is 0 Å². The molecule has 0 amide bonds. The molecule has 0 spiro atoms. The second-order valence-corrected chi connectivity index (χ2v) is 4.16. The largest absolute Gasteiger partial charge is 0.278 e. The topological polar surface area (TPSA) is 43.1 Å². The average Bonchev–Trinajstić information content (AvgIpc) is 2.33. The lowest BCUT2D eigenvalue weighted by molar-refractivity contribution is -0.384. The summed E-state index contributed by atoms with van der Waals surface area (Å²) in [7, 11) is 0. The lowest BCUT2D eigenvalue weighted by atomic mass is 10.0. The first-order valence-electron chi connectivity index (χ1n) is 4.79. The Labute approximate surface area is 108 Å². The van der Waals surface area contributed by atoms with E-state index in [4.69, 9.17) is 23.2 Å². The highest BCUT2D eigenvalue weighted by Crippen LogP contribution is 2.40. The number of nitrogens with zero attached hydrogens (tertiary/aromatic N) is 1. The van der Waals surface area contributed by atoms with E-state index in [9.17, 15) is 10.1 Å². The highest BCUT2D eigenvalue weighted by molar-refractivity contribution is 6.44. The summed E-state index contributed by atoms with van der Waals surface area (Å²) >= 11 is 11.9. The molecule has 0 aliphatic rings. The molecule has 0 N–H and O–H groups in total. The first-order valence-corrected chi connectivity index (χ1v) is 5.54. The summed E-state index contributed by atoms with van der Waals surface area (Å²) in [6, 6.07) is 11.7. The summed E-state index contributed by atoms with van der Waals surface area (Å²) in [4.78, 5) is 10.5. The Bertz CT molecular complexity index is 570. The van der Waals surface area contributed by atoms with Crippen molar-refractivity contribution in [3.63, 3.8) is 0 Å². The third-order valence-electron chi connectivity index (χ3n) is 2.33. The molecule has 5 heteroatoms. The van der Waals surface area contributed by atoms with Crippen LogP contribution in [0.25, 0.3) is 11.1 Å². The molecule has 0 aliphatic carbocycles. The van der Waals surface area contributed by atoms with Gasteiger partial charge in [0.2, 0.25) is 0 Å². The highest BCUT2D eigenvalue weighted by atomic mass is 35.5. The number of nitro groups is 1. The SMILES string of the molecule is O=[N+]([O-])c1ccc(Cl)c(Cl)c1-c1ccccc1. The van der Waals surface area contributed by atoms with Crippen LogP contribution in [0, 0.1) is 10.1 Å². The molecule has 0 aromatic heterocycles. The van der Waals surface area contributed by atoms with E-state index in [2.05, 4.69) is 0 Å². The second kappa shape index (κ2) is 4.73. The van der Waals surface area contributed by atoms with Gasteiger partial charge in [-0.2, -0.15) is 0 Å². The van der Waals surface area contributed by atoms with Gasteiger partial charge in [-0.3, -0.25) is 10.1 Å². The second-order valence-electron chi connectivity index (χ2n) is 3.38. The quantitative estimate of drug-likeness (QED) is 0.591. The van der Waals surface area contributed by atoms with Crippen LogP contribution in [0.5, 0.6) is 0 Å². The van der Waals surface area contributed by atoms with Gasteiger partial charge < -0.3 is 0 Å². The van der Waals surface area contributed by atoms with E-state index in [-0.39, 0.29) is 10.7 Å². The van der Waals surface area contributed by atoms with Crippen molar-refractivity contribution in [2.45, 2.75) is 0 Å². The van der Waals surface area contributed by atoms with Gasteiger partial charge in [0.1, 0.15) is 0 Å². The van der Waals surface area contributed by atoms with Crippen LogP contribution in [0.3, 0.4) is 0 Å². The van der Waals surface area contributed by atoms with Crippen molar-refractivity contribution in [2.75, 3.05) is 0 Å². The maximum atomic E-state index is 11.0. The van der Waals surface area contributed by atoms with Crippen LogP contribution in [0.1, 0.15) is 0 Å². The van der Waals surface area contributed by atoms with Gasteiger partial charge >= 0.3 is 0 Å². The predicted molar refractivity (Wildman–Crippen MR) is 68.6 cm³/mol. The Morgan fingerprint density at radius 1 is 1.00 bits per heavy atom. The summed E-state index contributed by atoms with van der Waals surface area (Å²) in [6.45, 7) is 0. The number of hydrogen-bond donors (Lipinski definition) is 0. The molecule has 0 saturated carbocycles. The zero-order valence-corrected chi connectivity index (χ0v) is 10.1. The monoisotopic (exact) mass is 267 g/mol. The minimum atomic E-state index is -0.468. The fraction of sp³-hybridized carbons (Fsp3) is 0. The van der Waals surface area contributed by atoms with Gasteiger partial charge in [-0.1, -0.05) is 53.5 Å². The summed E-state index contributed by atoms with van der Waals surface area (Å²) in [5.41, 5.74) is 0.974. The summed E-state index contributed by atoms with van der Waals surface area (Å²) in [5, 5.41) is 11.5. The molecule has 0 aliphatic heterocycles. The lowest BCUT2D eigenvalue weighted by Gasteiger charge is -2.06. The van der Waals surface area contributed by atoms with E-state index < -0.39 is 4.92 Å². The van der Waals surface area contributed by atoms with Crippen LogP contribution in [0.4, 0.5) is 5.69 Å². The molecular formula is C12H7Cl2NO2. The van der Waals surface area contributed by atoms with Crippen LogP contribution in [0.2, 0.25) is 10.0 Å². The number of halogens is 2. The molecule has 0 heterocycles. The molecule has 86 valence electrons. The summed E-state index contributed by atoms with van der Waals surface area (Å²) in [6.07, 6.45) is 0. The van der Waals surface area contributed by atoms with Gasteiger partial charge in [-0.15, -0.1) is 0 Å². The maximum Gasteiger partial charge on any atom is 0.278 e. The minimum absolute atomic E-state index is 0.0504. The van der Waals surface area contributed by atoms with E-state index in [0.29, 0.717) is 16.1 Å². The molecule has 2 rings (SSSR count). The smallest absolute Gasteiger partial charge is 0.258 e. The molecule has 0 saturated heterocycles. The van der Waals surface area contributed by atoms with Crippen LogP contribution >= 0.6 is 23.2 Å². The first kappa shape index (κ1) is 11.9. The van der Waals surface area contributed by atoms with Crippen molar-refractivity contribution in [2.24, 2.45) is 0 Å². The predicted octanol–water partition coefficient (Wildman–Crippen LogP) is 4.57. The Balaban J connectivity index is 2.74. The van der Waals surface area contributed by atoms with Crippen LogP contribution < -0.4 is 0 Å². The number of benzene rings is 2. The Kier molecular flexibility index (Phi) is 3.31. The van der Waals surface area contributed by atoms with E-state index in [1.165, 1.54) is 12.1 Å². The lowest BCUT2D eigenvalue weighted by Crippen LogP contribution is -1.93. The summed E-state index contributed by atoms with van der Waals surface area (Å²) in [5.74, 6) is 0. The average molecular weight is 268 g/mol. The van der Waals surface area contributed by atoms with Crippen molar-refractivity contribution in [1.29, 1.82) is 0 Å². The fourth-order valence-electron chi connectivity index (χ4n) is 1.57. The van der Waals surface area contributed by atoms with Crippen molar-refractivity contribution < 1.29 is 4.92 Å². The minimum Gasteiger partial charge on any atom is -0.258 e. The number of hydrogen-bond acceptors (Lipinski definition) is 2. The molecule has 0 radical (unpaired) electrons. The molecule has 0 atom stereocenters. The van der Waals surface area contributed by atoms with Crippen LogP contribution in [-0.4, -0.2) is 4.92 Å². The van der Waals surface area contributed by atoms with Crippen molar-refractivity contribution in [1.82, 2.24) is 0 Å². The molecule has 0 fully saturated rings. The molecule has 17 heavy (non-hydrogen) atoms. The Morgan fingerprint density at radius 3 is 2.24 bits per heavy atom. The van der Waals surface area contributed by atoms with Gasteiger partial charge in [-0.05, 0) is 11.6 Å². The molecule has 3 nitrogen and oxygen atoms in total. The third kappa shape index (κ3) is 2.25. The first-order chi connectivity index (χ1) is 8.11. The van der Waals surface area contributed by atoms with Gasteiger partial charge in [-0.25, -0.2) is 0 Å². The van der Waals surface area contributed by atoms with E-state index >= 15 is 0 Å². The Hall–Kier alpha value is -1.58. The Morgan fingerprint density at radius 2 is 1.65 bits per heavy atom. The van der Waals surface area contributed by atoms with Gasteiger partial charge in [0.15, 0.2) is 0 Å². The highest BCUT2D eigenvalue weighted by Gasteiger charge is 2.20. The molecule has 0 bridgehead atoms. The van der Waals surface area contributed by atoms with Crippen LogP contribution in [0.15, 0.2) is 42.5 Å². The van der Waals surface area contributed by atoms with Gasteiger partial charge in [0.05, 0.1) is 20.5 Å². The fourth-order valence-corrected chi connectivity index (χ4v) is 2.00. The zero-order valence-electron chi connectivity index (χ0n) is 8.56. The maximum absolute atomic E-state index is 11.0. The number of rotatable bonds is 2. The molecular weight excluding hydrogens is 261 g/mol. The standard InChI is InChI=1S/C12H7Cl2NO2/c13-9-6-7-10(15(16)17)11(12(9)14)8-4-2-1-3-5-8/h1-7H.